The Morgan fingerprint density at radius 3 is 2.18 bits per heavy atom. The van der Waals surface area contributed by atoms with Crippen LogP contribution in [0.2, 0.25) is 0 Å². The Morgan fingerprint density at radius 2 is 2.09 bits per heavy atom. The predicted molar refractivity (Wildman–Crippen MR) is 39.6 cm³/mol. The molecule has 0 aromatic carbocycles. The van der Waals surface area contributed by atoms with Gasteiger partial charge in [-0.1, -0.05) is 0 Å². The molecule has 0 heterocycles. The minimum absolute atomic E-state index is 0.249. The van der Waals surface area contributed by atoms with Crippen LogP contribution in [-0.4, -0.2) is 33.2 Å². The van der Waals surface area contributed by atoms with Crippen molar-refractivity contribution in [2.75, 3.05) is 6.26 Å². The lowest BCUT2D eigenvalue weighted by Gasteiger charge is -2.04. The Balaban J connectivity index is 2.71. The van der Waals surface area contributed by atoms with Gasteiger partial charge in [-0.05, 0) is 12.7 Å². The normalized spacial score (nSPS) is 34.8. The van der Waals surface area contributed by atoms with Gasteiger partial charge in [0.1, 0.15) is 4.75 Å². The van der Waals surface area contributed by atoms with Crippen LogP contribution < -0.4 is 0 Å². The van der Waals surface area contributed by atoms with Gasteiger partial charge in [0.05, 0.1) is 5.92 Å². The molecule has 0 spiro atoms. The van der Waals surface area contributed by atoms with Crippen molar-refractivity contribution in [3.8, 4) is 0 Å². The Hall–Kier alpha value is -0.710. The molecule has 5 heteroatoms. The van der Waals surface area contributed by atoms with Crippen LogP contribution in [-0.2, 0) is 9.59 Å². The van der Waals surface area contributed by atoms with Crippen LogP contribution in [0.15, 0.2) is 0 Å². The molecule has 0 bridgehead atoms. The van der Waals surface area contributed by atoms with Crippen LogP contribution >= 0.6 is 11.8 Å². The first-order chi connectivity index (χ1) is 5.04. The predicted octanol–water partition coefficient (Wildman–Crippen LogP) is 0.277. The molecule has 0 radical (unpaired) electrons. The highest BCUT2D eigenvalue weighted by molar-refractivity contribution is 8.01. The number of carboxylic acids is 2. The summed E-state index contributed by atoms with van der Waals surface area (Å²) in [4.78, 5) is 20.9. The molecule has 0 saturated heterocycles. The van der Waals surface area contributed by atoms with Crippen LogP contribution in [0.3, 0.4) is 0 Å². The number of thioether (sulfide) groups is 1. The molecule has 4 nitrogen and oxygen atoms in total. The van der Waals surface area contributed by atoms with Crippen molar-refractivity contribution in [3.63, 3.8) is 0 Å². The molecule has 0 aromatic heterocycles. The van der Waals surface area contributed by atoms with Crippen LogP contribution in [0, 0.1) is 5.92 Å². The number of aliphatic carboxylic acids is 2. The molecule has 1 aliphatic rings. The molecule has 0 unspecified atom stereocenters. The molecule has 2 atom stereocenters. The highest BCUT2D eigenvalue weighted by Gasteiger charge is 2.64. The Labute approximate surface area is 67.6 Å². The molecule has 11 heavy (non-hydrogen) atoms. The molecule has 0 aromatic rings. The first-order valence-corrected chi connectivity index (χ1v) is 4.28. The Bertz CT molecular complexity index is 215. The SMILES string of the molecule is CS[C@]1(C(=O)O)C[C@@H]1C(=O)O. The molecular weight excluding hydrogens is 168 g/mol. The lowest BCUT2D eigenvalue weighted by Crippen LogP contribution is -2.23. The molecule has 1 saturated carbocycles. The highest BCUT2D eigenvalue weighted by atomic mass is 32.2. The second-order valence-electron chi connectivity index (χ2n) is 2.49. The van der Waals surface area contributed by atoms with E-state index in [1.807, 2.05) is 0 Å². The molecule has 62 valence electrons. The maximum Gasteiger partial charge on any atom is 0.320 e. The summed E-state index contributed by atoms with van der Waals surface area (Å²) < 4.78 is -1.04. The smallest absolute Gasteiger partial charge is 0.320 e. The fourth-order valence-corrected chi connectivity index (χ4v) is 1.97. The summed E-state index contributed by atoms with van der Waals surface area (Å²) in [5.74, 6) is -2.73. The largest absolute Gasteiger partial charge is 0.481 e. The van der Waals surface area contributed by atoms with Crippen LogP contribution in [0.1, 0.15) is 6.42 Å². The third-order valence-electron chi connectivity index (χ3n) is 1.93. The summed E-state index contributed by atoms with van der Waals surface area (Å²) in [7, 11) is 0. The average molecular weight is 176 g/mol. The van der Waals surface area contributed by atoms with Crippen molar-refractivity contribution in [1.29, 1.82) is 0 Å². The van der Waals surface area contributed by atoms with Gasteiger partial charge in [0.15, 0.2) is 0 Å². The van der Waals surface area contributed by atoms with E-state index in [1.165, 1.54) is 0 Å². The first kappa shape index (κ1) is 8.39. The van der Waals surface area contributed by atoms with Crippen molar-refractivity contribution in [2.24, 2.45) is 5.92 Å². The summed E-state index contributed by atoms with van der Waals surface area (Å²) in [5.41, 5.74) is 0. The van der Waals surface area contributed by atoms with Crippen LogP contribution in [0.25, 0.3) is 0 Å². The molecular formula is C6H8O4S. The van der Waals surface area contributed by atoms with Crippen molar-refractivity contribution in [3.05, 3.63) is 0 Å². The molecule has 1 fully saturated rings. The fraction of sp³-hybridized carbons (Fsp3) is 0.667. The summed E-state index contributed by atoms with van der Waals surface area (Å²) in [5, 5.41) is 17.1. The van der Waals surface area contributed by atoms with Gasteiger partial charge in [-0.25, -0.2) is 0 Å². The monoisotopic (exact) mass is 176 g/mol. The van der Waals surface area contributed by atoms with Gasteiger partial charge in [0, 0.05) is 0 Å². The van der Waals surface area contributed by atoms with Gasteiger partial charge < -0.3 is 10.2 Å². The van der Waals surface area contributed by atoms with E-state index in [4.69, 9.17) is 10.2 Å². The van der Waals surface area contributed by atoms with Gasteiger partial charge >= 0.3 is 11.9 Å². The second-order valence-corrected chi connectivity index (χ2v) is 3.63. The minimum atomic E-state index is -1.04. The Morgan fingerprint density at radius 1 is 1.55 bits per heavy atom. The molecule has 1 aliphatic carbocycles. The van der Waals surface area contributed by atoms with E-state index >= 15 is 0 Å². The summed E-state index contributed by atoms with van der Waals surface area (Å²) in [6.07, 6.45) is 1.87. The van der Waals surface area contributed by atoms with E-state index in [9.17, 15) is 9.59 Å². The number of hydrogen-bond acceptors (Lipinski definition) is 3. The second kappa shape index (κ2) is 2.41. The van der Waals surface area contributed by atoms with Gasteiger partial charge in [0.25, 0.3) is 0 Å². The van der Waals surface area contributed by atoms with Crippen molar-refractivity contribution in [2.45, 2.75) is 11.2 Å². The van der Waals surface area contributed by atoms with E-state index in [-0.39, 0.29) is 6.42 Å². The zero-order valence-corrected chi connectivity index (χ0v) is 6.72. The van der Waals surface area contributed by atoms with Crippen molar-refractivity contribution >= 4 is 23.7 Å². The molecule has 0 aliphatic heterocycles. The van der Waals surface area contributed by atoms with Crippen LogP contribution in [0.5, 0.6) is 0 Å². The summed E-state index contributed by atoms with van der Waals surface area (Å²) >= 11 is 1.10. The van der Waals surface area contributed by atoms with Gasteiger partial charge in [-0.3, -0.25) is 9.59 Å². The maximum atomic E-state index is 10.5. The van der Waals surface area contributed by atoms with Gasteiger partial charge in [-0.15, -0.1) is 11.8 Å². The molecule has 2 N–H and O–H groups in total. The standard InChI is InChI=1S/C6H8O4S/c1-11-6(5(9)10)2-3(6)4(7)8/h3H,2H2,1H3,(H,7,8)(H,9,10)/t3-,6-/m1/s1. The van der Waals surface area contributed by atoms with E-state index < -0.39 is 22.6 Å². The quantitative estimate of drug-likeness (QED) is 0.646. The number of carbonyl (C=O) groups is 2. The third-order valence-corrected chi connectivity index (χ3v) is 3.29. The van der Waals surface area contributed by atoms with E-state index in [0.29, 0.717) is 0 Å². The zero-order valence-electron chi connectivity index (χ0n) is 5.90. The van der Waals surface area contributed by atoms with E-state index in [0.717, 1.165) is 11.8 Å². The zero-order chi connectivity index (χ0) is 8.65. The number of rotatable bonds is 3. The summed E-state index contributed by atoms with van der Waals surface area (Å²) in [6, 6.07) is 0. The van der Waals surface area contributed by atoms with E-state index in [2.05, 4.69) is 0 Å². The van der Waals surface area contributed by atoms with Gasteiger partial charge in [0.2, 0.25) is 0 Å². The van der Waals surface area contributed by atoms with Crippen molar-refractivity contribution in [1.82, 2.24) is 0 Å². The number of hydrogen-bond donors (Lipinski definition) is 2. The lowest BCUT2D eigenvalue weighted by atomic mass is 10.3. The first-order valence-electron chi connectivity index (χ1n) is 3.06. The highest BCUT2D eigenvalue weighted by Crippen LogP contribution is 2.53. The number of carboxylic acid groups (broad SMARTS) is 2. The topological polar surface area (TPSA) is 74.6 Å². The summed E-state index contributed by atoms with van der Waals surface area (Å²) in [6.45, 7) is 0. The molecule has 1 rings (SSSR count). The Kier molecular flexibility index (Phi) is 1.83. The lowest BCUT2D eigenvalue weighted by molar-refractivity contribution is -0.143. The van der Waals surface area contributed by atoms with Gasteiger partial charge in [-0.2, -0.15) is 0 Å². The maximum absolute atomic E-state index is 10.5. The van der Waals surface area contributed by atoms with E-state index in [1.54, 1.807) is 6.26 Å². The van der Waals surface area contributed by atoms with Crippen molar-refractivity contribution < 1.29 is 19.8 Å². The minimum Gasteiger partial charge on any atom is -0.481 e. The van der Waals surface area contributed by atoms with Crippen LogP contribution in [0.4, 0.5) is 0 Å². The average Bonchev–Trinajstić information content (AvgIpc) is 2.62. The fourth-order valence-electron chi connectivity index (χ4n) is 1.08. The third kappa shape index (κ3) is 1.09. The molecule has 0 amide bonds.